The second kappa shape index (κ2) is 4.25. The molecule has 0 heterocycles. The van der Waals surface area contributed by atoms with Crippen molar-refractivity contribution < 1.29 is 0 Å². The first-order chi connectivity index (χ1) is 6.79. The van der Waals surface area contributed by atoms with Crippen LogP contribution in [0.1, 0.15) is 24.8 Å². The summed E-state index contributed by atoms with van der Waals surface area (Å²) in [6, 6.07) is 7.73. The van der Waals surface area contributed by atoms with E-state index < -0.39 is 0 Å². The molecule has 0 aromatic heterocycles. The molecule has 1 aliphatic carbocycles. The van der Waals surface area contributed by atoms with E-state index in [-0.39, 0.29) is 0 Å². The van der Waals surface area contributed by atoms with Crippen LogP contribution in [0.4, 0.5) is 0 Å². The molecule has 1 aliphatic rings. The number of benzene rings is 1. The quantitative estimate of drug-likeness (QED) is 0.760. The topological polar surface area (TPSA) is 23.8 Å². The Morgan fingerprint density at radius 2 is 2.21 bits per heavy atom. The molecule has 0 radical (unpaired) electrons. The first-order valence-corrected chi connectivity index (χ1v) is 5.91. The zero-order valence-electron chi connectivity index (χ0n) is 7.66. The summed E-state index contributed by atoms with van der Waals surface area (Å²) in [5.41, 5.74) is 0.560. The molecule has 0 bridgehead atoms. The summed E-state index contributed by atoms with van der Waals surface area (Å²) in [6.45, 7) is 0. The summed E-state index contributed by atoms with van der Waals surface area (Å²) >= 11 is 7.81. The van der Waals surface area contributed by atoms with Gasteiger partial charge in [0.2, 0.25) is 0 Å². The maximum atomic E-state index is 8.71. The SMILES string of the molecule is N#Cc1ccc(SC2CCC2)cc1Cl. The summed E-state index contributed by atoms with van der Waals surface area (Å²) in [6.07, 6.45) is 3.96. The highest BCUT2D eigenvalue weighted by molar-refractivity contribution is 8.00. The van der Waals surface area contributed by atoms with E-state index in [9.17, 15) is 0 Å². The number of thioether (sulfide) groups is 1. The summed E-state index contributed by atoms with van der Waals surface area (Å²) in [4.78, 5) is 1.18. The highest BCUT2D eigenvalue weighted by atomic mass is 35.5. The lowest BCUT2D eigenvalue weighted by Gasteiger charge is -2.24. The predicted molar refractivity (Wildman–Crippen MR) is 59.7 cm³/mol. The van der Waals surface area contributed by atoms with Gasteiger partial charge in [0.25, 0.3) is 0 Å². The number of hydrogen-bond acceptors (Lipinski definition) is 2. The molecule has 1 aromatic rings. The third-order valence-corrected chi connectivity index (χ3v) is 4.06. The highest BCUT2D eigenvalue weighted by Gasteiger charge is 2.18. The Morgan fingerprint density at radius 1 is 1.43 bits per heavy atom. The molecule has 72 valence electrons. The van der Waals surface area contributed by atoms with Crippen LogP contribution < -0.4 is 0 Å². The van der Waals surface area contributed by atoms with E-state index in [1.807, 2.05) is 23.9 Å². The standard InChI is InChI=1S/C11H10ClNS/c12-11-6-10(5-4-8(11)7-13)14-9-2-1-3-9/h4-6,9H,1-3H2. The Bertz CT molecular complexity index is 379. The van der Waals surface area contributed by atoms with Gasteiger partial charge in [-0.25, -0.2) is 0 Å². The second-order valence-corrected chi connectivity index (χ2v) is 5.21. The molecule has 1 saturated carbocycles. The molecule has 0 amide bonds. The van der Waals surface area contributed by atoms with Crippen LogP contribution in [0.2, 0.25) is 5.02 Å². The lowest BCUT2D eigenvalue weighted by molar-refractivity contribution is 0.522. The fourth-order valence-corrected chi connectivity index (χ4v) is 2.91. The number of nitrogens with zero attached hydrogens (tertiary/aromatic N) is 1. The average Bonchev–Trinajstić information content (AvgIpc) is 2.12. The zero-order valence-corrected chi connectivity index (χ0v) is 9.24. The molecule has 2 rings (SSSR count). The molecule has 0 spiro atoms. The summed E-state index contributed by atoms with van der Waals surface area (Å²) in [5, 5.41) is 10.0. The number of nitriles is 1. The van der Waals surface area contributed by atoms with Crippen LogP contribution in [0.5, 0.6) is 0 Å². The van der Waals surface area contributed by atoms with Crippen LogP contribution in [0.25, 0.3) is 0 Å². The minimum atomic E-state index is 0.560. The third kappa shape index (κ3) is 2.05. The van der Waals surface area contributed by atoms with Gasteiger partial charge in [-0.3, -0.25) is 0 Å². The maximum absolute atomic E-state index is 8.71. The van der Waals surface area contributed by atoms with E-state index in [4.69, 9.17) is 16.9 Å². The Hall–Kier alpha value is -0.650. The van der Waals surface area contributed by atoms with Gasteiger partial charge in [0.05, 0.1) is 10.6 Å². The van der Waals surface area contributed by atoms with Crippen molar-refractivity contribution in [1.29, 1.82) is 5.26 Å². The van der Waals surface area contributed by atoms with Crippen molar-refractivity contribution in [2.75, 3.05) is 0 Å². The first kappa shape index (κ1) is 9.89. The molecule has 0 unspecified atom stereocenters. The van der Waals surface area contributed by atoms with Gasteiger partial charge in [-0.15, -0.1) is 11.8 Å². The van der Waals surface area contributed by atoms with Crippen LogP contribution in [-0.2, 0) is 0 Å². The summed E-state index contributed by atoms with van der Waals surface area (Å²) in [5.74, 6) is 0. The lowest BCUT2D eigenvalue weighted by Crippen LogP contribution is -2.12. The zero-order chi connectivity index (χ0) is 9.97. The van der Waals surface area contributed by atoms with E-state index in [2.05, 4.69) is 6.07 Å². The van der Waals surface area contributed by atoms with Crippen LogP contribution in [-0.4, -0.2) is 5.25 Å². The Labute approximate surface area is 93.1 Å². The minimum absolute atomic E-state index is 0.560. The average molecular weight is 224 g/mol. The summed E-state index contributed by atoms with van der Waals surface area (Å²) in [7, 11) is 0. The van der Waals surface area contributed by atoms with E-state index in [0.717, 1.165) is 5.25 Å². The Morgan fingerprint density at radius 3 is 2.71 bits per heavy atom. The van der Waals surface area contributed by atoms with Gasteiger partial charge >= 0.3 is 0 Å². The minimum Gasteiger partial charge on any atom is -0.192 e. The van der Waals surface area contributed by atoms with E-state index in [1.54, 1.807) is 6.07 Å². The second-order valence-electron chi connectivity index (χ2n) is 3.42. The maximum Gasteiger partial charge on any atom is 0.101 e. The van der Waals surface area contributed by atoms with Gasteiger partial charge in [-0.1, -0.05) is 18.0 Å². The van der Waals surface area contributed by atoms with Crippen LogP contribution >= 0.6 is 23.4 Å². The Balaban J connectivity index is 2.12. The molecule has 0 N–H and O–H groups in total. The van der Waals surface area contributed by atoms with Crippen LogP contribution in [0, 0.1) is 11.3 Å². The van der Waals surface area contributed by atoms with Gasteiger partial charge in [-0.2, -0.15) is 5.26 Å². The highest BCUT2D eigenvalue weighted by Crippen LogP contribution is 2.37. The van der Waals surface area contributed by atoms with Gasteiger partial charge < -0.3 is 0 Å². The van der Waals surface area contributed by atoms with E-state index in [1.165, 1.54) is 24.2 Å². The lowest BCUT2D eigenvalue weighted by atomic mass is 10.0. The van der Waals surface area contributed by atoms with Gasteiger partial charge in [-0.05, 0) is 31.0 Å². The number of rotatable bonds is 2. The molecular formula is C11H10ClNS. The van der Waals surface area contributed by atoms with Crippen molar-refractivity contribution in [3.05, 3.63) is 28.8 Å². The predicted octanol–water partition coefficient (Wildman–Crippen LogP) is 3.86. The molecule has 1 aromatic carbocycles. The molecular weight excluding hydrogens is 214 g/mol. The molecule has 0 saturated heterocycles. The fourth-order valence-electron chi connectivity index (χ4n) is 1.34. The molecule has 1 fully saturated rings. The van der Waals surface area contributed by atoms with Crippen molar-refractivity contribution >= 4 is 23.4 Å². The normalized spacial score (nSPS) is 16.0. The van der Waals surface area contributed by atoms with Crippen molar-refractivity contribution in [3.8, 4) is 6.07 Å². The fraction of sp³-hybridized carbons (Fsp3) is 0.364. The van der Waals surface area contributed by atoms with Crippen molar-refractivity contribution in [2.24, 2.45) is 0 Å². The van der Waals surface area contributed by atoms with Gasteiger partial charge in [0.15, 0.2) is 0 Å². The van der Waals surface area contributed by atoms with Crippen molar-refractivity contribution in [1.82, 2.24) is 0 Å². The van der Waals surface area contributed by atoms with Crippen LogP contribution in [0.15, 0.2) is 23.1 Å². The molecule has 0 aliphatic heterocycles. The van der Waals surface area contributed by atoms with E-state index in [0.29, 0.717) is 10.6 Å². The third-order valence-electron chi connectivity index (χ3n) is 2.42. The molecule has 3 heteroatoms. The molecule has 1 nitrogen and oxygen atoms in total. The van der Waals surface area contributed by atoms with Gasteiger partial charge in [0, 0.05) is 10.1 Å². The Kier molecular flexibility index (Phi) is 3.00. The van der Waals surface area contributed by atoms with Crippen molar-refractivity contribution in [3.63, 3.8) is 0 Å². The summed E-state index contributed by atoms with van der Waals surface area (Å²) < 4.78 is 0. The smallest absolute Gasteiger partial charge is 0.101 e. The van der Waals surface area contributed by atoms with E-state index >= 15 is 0 Å². The number of hydrogen-bond donors (Lipinski definition) is 0. The monoisotopic (exact) mass is 223 g/mol. The first-order valence-electron chi connectivity index (χ1n) is 4.66. The number of halogens is 1. The largest absolute Gasteiger partial charge is 0.192 e. The van der Waals surface area contributed by atoms with Crippen LogP contribution in [0.3, 0.4) is 0 Å². The molecule has 14 heavy (non-hydrogen) atoms. The van der Waals surface area contributed by atoms with Crippen molar-refractivity contribution in [2.45, 2.75) is 29.4 Å². The van der Waals surface area contributed by atoms with Gasteiger partial charge in [0.1, 0.15) is 6.07 Å². The molecule has 0 atom stereocenters.